The molecule has 0 radical (unpaired) electrons. The Kier molecular flexibility index (Phi) is 3.76. The molecular weight excluding hydrogens is 207 g/mol. The first kappa shape index (κ1) is 10.6. The van der Waals surface area contributed by atoms with Crippen LogP contribution in [-0.4, -0.2) is 5.24 Å². The van der Waals surface area contributed by atoms with Gasteiger partial charge in [0.2, 0.25) is 0 Å². The van der Waals surface area contributed by atoms with E-state index in [1.165, 1.54) is 0 Å². The lowest BCUT2D eigenvalue weighted by Gasteiger charge is -2.02. The van der Waals surface area contributed by atoms with E-state index in [0.29, 0.717) is 10.6 Å². The Labute approximate surface area is 87.7 Å². The molecule has 1 aromatic carbocycles. The summed E-state index contributed by atoms with van der Waals surface area (Å²) < 4.78 is 0. The number of benzene rings is 1. The number of hydrogen-bond acceptors (Lipinski definition) is 1. The molecule has 1 nitrogen and oxygen atoms in total. The highest BCUT2D eigenvalue weighted by Gasteiger charge is 2.07. The second-order valence-corrected chi connectivity index (χ2v) is 3.59. The summed E-state index contributed by atoms with van der Waals surface area (Å²) in [6.07, 6.45) is 2.03. The molecule has 0 saturated carbocycles. The van der Waals surface area contributed by atoms with Gasteiger partial charge in [0, 0.05) is 0 Å². The minimum absolute atomic E-state index is 0.378. The Morgan fingerprint density at radius 2 is 2.15 bits per heavy atom. The van der Waals surface area contributed by atoms with Crippen LogP contribution in [0.15, 0.2) is 18.2 Å². The van der Waals surface area contributed by atoms with Gasteiger partial charge in [-0.05, 0) is 35.7 Å². The molecule has 0 aromatic heterocycles. The molecule has 70 valence electrons. The number of carbonyl (C=O) groups is 1. The maximum Gasteiger partial charge on any atom is 0.253 e. The van der Waals surface area contributed by atoms with E-state index in [2.05, 4.69) is 6.92 Å². The van der Waals surface area contributed by atoms with Gasteiger partial charge >= 0.3 is 0 Å². The third-order valence-corrected chi connectivity index (χ3v) is 2.30. The van der Waals surface area contributed by atoms with Gasteiger partial charge in [0.1, 0.15) is 0 Å². The fraction of sp³-hybridized carbons (Fsp3) is 0.300. The molecule has 0 N–H and O–H groups in total. The van der Waals surface area contributed by atoms with Crippen LogP contribution < -0.4 is 0 Å². The van der Waals surface area contributed by atoms with Gasteiger partial charge in [0.05, 0.1) is 10.6 Å². The van der Waals surface area contributed by atoms with Crippen LogP contribution in [0.25, 0.3) is 0 Å². The first-order chi connectivity index (χ1) is 6.15. The summed E-state index contributed by atoms with van der Waals surface area (Å²) in [7, 11) is 0. The van der Waals surface area contributed by atoms with Gasteiger partial charge in [-0.15, -0.1) is 0 Å². The second kappa shape index (κ2) is 4.64. The smallest absolute Gasteiger partial charge is 0.253 e. The quantitative estimate of drug-likeness (QED) is 0.706. The van der Waals surface area contributed by atoms with Crippen LogP contribution in [0, 0.1) is 0 Å². The molecule has 0 aliphatic heterocycles. The number of carbonyl (C=O) groups excluding carboxylic acids is 1. The van der Waals surface area contributed by atoms with Gasteiger partial charge in [-0.2, -0.15) is 0 Å². The fourth-order valence-corrected chi connectivity index (χ4v) is 1.66. The Morgan fingerprint density at radius 1 is 1.46 bits per heavy atom. The standard InChI is InChI=1S/C10H10Cl2O/c1-2-3-7-4-5-8(10(12)13)9(11)6-7/h4-6H,2-3H2,1H3. The summed E-state index contributed by atoms with van der Waals surface area (Å²) >= 11 is 11.2. The SMILES string of the molecule is CCCc1ccc(C(=O)Cl)c(Cl)c1. The van der Waals surface area contributed by atoms with Crippen molar-refractivity contribution in [2.24, 2.45) is 0 Å². The van der Waals surface area contributed by atoms with Crippen LogP contribution in [-0.2, 0) is 6.42 Å². The molecule has 1 aromatic rings. The minimum atomic E-state index is -0.506. The lowest BCUT2D eigenvalue weighted by Crippen LogP contribution is -1.92. The molecule has 0 spiro atoms. The topological polar surface area (TPSA) is 17.1 Å². The highest BCUT2D eigenvalue weighted by molar-refractivity contribution is 6.68. The fourth-order valence-electron chi connectivity index (χ4n) is 1.16. The van der Waals surface area contributed by atoms with Crippen molar-refractivity contribution in [1.82, 2.24) is 0 Å². The average Bonchev–Trinajstić information content (AvgIpc) is 2.04. The van der Waals surface area contributed by atoms with Crippen LogP contribution >= 0.6 is 23.2 Å². The first-order valence-electron chi connectivity index (χ1n) is 4.13. The maximum absolute atomic E-state index is 10.8. The average molecular weight is 217 g/mol. The van der Waals surface area contributed by atoms with Crippen molar-refractivity contribution in [1.29, 1.82) is 0 Å². The van der Waals surface area contributed by atoms with E-state index >= 15 is 0 Å². The lowest BCUT2D eigenvalue weighted by molar-refractivity contribution is 0.108. The van der Waals surface area contributed by atoms with E-state index in [9.17, 15) is 4.79 Å². The summed E-state index contributed by atoms with van der Waals surface area (Å²) in [5, 5.41) is -0.0704. The molecule has 0 aliphatic rings. The van der Waals surface area contributed by atoms with Gasteiger partial charge in [-0.1, -0.05) is 31.0 Å². The molecule has 0 aliphatic carbocycles. The van der Waals surface area contributed by atoms with Crippen molar-refractivity contribution in [2.45, 2.75) is 19.8 Å². The van der Waals surface area contributed by atoms with E-state index in [1.807, 2.05) is 6.07 Å². The number of halogens is 2. The van der Waals surface area contributed by atoms with Crippen LogP contribution in [0.2, 0.25) is 5.02 Å². The Balaban J connectivity index is 2.98. The van der Waals surface area contributed by atoms with Crippen molar-refractivity contribution in [2.75, 3.05) is 0 Å². The lowest BCUT2D eigenvalue weighted by atomic mass is 10.1. The molecule has 1 rings (SSSR count). The van der Waals surface area contributed by atoms with Gasteiger partial charge < -0.3 is 0 Å². The summed E-state index contributed by atoms with van der Waals surface area (Å²) in [4.78, 5) is 10.8. The van der Waals surface area contributed by atoms with Gasteiger partial charge in [0.15, 0.2) is 0 Å². The zero-order chi connectivity index (χ0) is 9.84. The van der Waals surface area contributed by atoms with E-state index in [1.54, 1.807) is 12.1 Å². The van der Waals surface area contributed by atoms with Crippen LogP contribution in [0.3, 0.4) is 0 Å². The molecular formula is C10H10Cl2O. The van der Waals surface area contributed by atoms with Gasteiger partial charge in [-0.25, -0.2) is 0 Å². The van der Waals surface area contributed by atoms with E-state index in [-0.39, 0.29) is 0 Å². The van der Waals surface area contributed by atoms with E-state index in [4.69, 9.17) is 23.2 Å². The highest BCUT2D eigenvalue weighted by Crippen LogP contribution is 2.20. The van der Waals surface area contributed by atoms with Crippen molar-refractivity contribution in [3.05, 3.63) is 34.3 Å². The summed E-state index contributed by atoms with van der Waals surface area (Å²) in [5.74, 6) is 0. The van der Waals surface area contributed by atoms with Crippen LogP contribution in [0.1, 0.15) is 29.3 Å². The molecule has 0 saturated heterocycles. The second-order valence-electron chi connectivity index (χ2n) is 2.84. The monoisotopic (exact) mass is 216 g/mol. The highest BCUT2D eigenvalue weighted by atomic mass is 35.5. The molecule has 13 heavy (non-hydrogen) atoms. The molecule has 0 fully saturated rings. The minimum Gasteiger partial charge on any atom is -0.276 e. The summed E-state index contributed by atoms with van der Waals surface area (Å²) in [6.45, 7) is 2.09. The predicted octanol–water partition coefficient (Wildman–Crippen LogP) is 3.67. The molecule has 0 atom stereocenters. The zero-order valence-corrected chi connectivity index (χ0v) is 8.82. The van der Waals surface area contributed by atoms with E-state index < -0.39 is 5.24 Å². The molecule has 0 unspecified atom stereocenters. The molecule has 0 bridgehead atoms. The number of rotatable bonds is 3. The largest absolute Gasteiger partial charge is 0.276 e. The summed E-state index contributed by atoms with van der Waals surface area (Å²) in [6, 6.07) is 5.34. The van der Waals surface area contributed by atoms with E-state index in [0.717, 1.165) is 18.4 Å². The molecule has 0 amide bonds. The van der Waals surface area contributed by atoms with Gasteiger partial charge in [-0.3, -0.25) is 4.79 Å². The Bertz CT molecular complexity index is 321. The maximum atomic E-state index is 10.8. The molecule has 0 heterocycles. The Hall–Kier alpha value is -0.530. The molecule has 3 heteroatoms. The normalized spacial score (nSPS) is 10.1. The zero-order valence-electron chi connectivity index (χ0n) is 7.31. The van der Waals surface area contributed by atoms with Crippen LogP contribution in [0.4, 0.5) is 0 Å². The van der Waals surface area contributed by atoms with Crippen molar-refractivity contribution in [3.8, 4) is 0 Å². The third-order valence-electron chi connectivity index (χ3n) is 1.78. The van der Waals surface area contributed by atoms with Gasteiger partial charge in [0.25, 0.3) is 5.24 Å². The number of aryl methyl sites for hydroxylation is 1. The Morgan fingerprint density at radius 3 is 2.62 bits per heavy atom. The van der Waals surface area contributed by atoms with Crippen LogP contribution in [0.5, 0.6) is 0 Å². The van der Waals surface area contributed by atoms with Crippen molar-refractivity contribution < 1.29 is 4.79 Å². The van der Waals surface area contributed by atoms with Crippen molar-refractivity contribution in [3.63, 3.8) is 0 Å². The summed E-state index contributed by atoms with van der Waals surface area (Å²) in [5.41, 5.74) is 1.51. The number of hydrogen-bond donors (Lipinski definition) is 0. The third kappa shape index (κ3) is 2.71. The van der Waals surface area contributed by atoms with Crippen molar-refractivity contribution >= 4 is 28.4 Å². The predicted molar refractivity (Wildman–Crippen MR) is 55.6 cm³/mol. The first-order valence-corrected chi connectivity index (χ1v) is 4.89.